The number of aliphatic hydroxyl groups excluding tert-OH is 2. The fourth-order valence-electron chi connectivity index (χ4n) is 3.32. The van der Waals surface area contributed by atoms with Crippen LogP contribution < -0.4 is 10.6 Å². The number of aliphatic hydroxyl groups is 2. The second kappa shape index (κ2) is 9.75. The first-order valence-electron chi connectivity index (χ1n) is 10.5. The normalized spacial score (nSPS) is 12.4. The summed E-state index contributed by atoms with van der Waals surface area (Å²) >= 11 is 0. The largest absolute Gasteiger partial charge is 0.472 e. The molecule has 0 radical (unpaired) electrons. The average Bonchev–Trinajstić information content (AvgIpc) is 3.48. The molecular formula is C22H27N7O3. The zero-order valence-corrected chi connectivity index (χ0v) is 18.1. The Kier molecular flexibility index (Phi) is 6.62. The fourth-order valence-corrected chi connectivity index (χ4v) is 3.32. The van der Waals surface area contributed by atoms with Crippen LogP contribution >= 0.6 is 0 Å². The quantitative estimate of drug-likeness (QED) is 0.295. The van der Waals surface area contributed by atoms with Gasteiger partial charge in [0.2, 0.25) is 11.9 Å². The van der Waals surface area contributed by atoms with Crippen molar-refractivity contribution in [3.63, 3.8) is 0 Å². The molecule has 32 heavy (non-hydrogen) atoms. The topological polar surface area (TPSA) is 134 Å². The van der Waals surface area contributed by atoms with Gasteiger partial charge in [-0.05, 0) is 30.0 Å². The van der Waals surface area contributed by atoms with Crippen molar-refractivity contribution in [2.75, 3.05) is 23.8 Å². The highest BCUT2D eigenvalue weighted by Crippen LogP contribution is 2.23. The zero-order chi connectivity index (χ0) is 22.5. The Morgan fingerprint density at radius 2 is 2.00 bits per heavy atom. The summed E-state index contributed by atoms with van der Waals surface area (Å²) in [5.74, 6) is 1.11. The molecule has 0 aromatic carbocycles. The van der Waals surface area contributed by atoms with Crippen molar-refractivity contribution in [1.29, 1.82) is 0 Å². The van der Waals surface area contributed by atoms with E-state index in [1.165, 1.54) is 0 Å². The van der Waals surface area contributed by atoms with Gasteiger partial charge in [0, 0.05) is 30.5 Å². The summed E-state index contributed by atoms with van der Waals surface area (Å²) in [4.78, 5) is 13.7. The average molecular weight is 438 g/mol. The number of aromatic nitrogens is 5. The highest BCUT2D eigenvalue weighted by molar-refractivity contribution is 5.58. The van der Waals surface area contributed by atoms with Crippen LogP contribution in [-0.4, -0.2) is 54.0 Å². The van der Waals surface area contributed by atoms with E-state index in [4.69, 9.17) is 4.42 Å². The van der Waals surface area contributed by atoms with Crippen LogP contribution in [0.15, 0.2) is 47.5 Å². The van der Waals surface area contributed by atoms with Gasteiger partial charge in [-0.2, -0.15) is 19.6 Å². The monoisotopic (exact) mass is 437 g/mol. The first-order chi connectivity index (χ1) is 15.6. The maximum Gasteiger partial charge on any atom is 0.229 e. The summed E-state index contributed by atoms with van der Waals surface area (Å²) in [6, 6.07) is 5.45. The lowest BCUT2D eigenvalue weighted by Gasteiger charge is -2.16. The molecule has 1 atom stereocenters. The maximum absolute atomic E-state index is 9.57. The maximum atomic E-state index is 9.57. The predicted octanol–water partition coefficient (Wildman–Crippen LogP) is 2.67. The van der Waals surface area contributed by atoms with Crippen LogP contribution in [0.4, 0.5) is 11.9 Å². The fraction of sp³-hybridized carbons (Fsp3) is 0.364. The van der Waals surface area contributed by atoms with Crippen LogP contribution in [0.2, 0.25) is 0 Å². The van der Waals surface area contributed by atoms with Crippen LogP contribution in [0.1, 0.15) is 37.3 Å². The molecule has 0 saturated carbocycles. The summed E-state index contributed by atoms with van der Waals surface area (Å²) in [7, 11) is 0. The number of fused-ring (bicyclic) bond motifs is 1. The highest BCUT2D eigenvalue weighted by Gasteiger charge is 2.17. The summed E-state index contributed by atoms with van der Waals surface area (Å²) < 4.78 is 6.79. The minimum atomic E-state index is -0.347. The van der Waals surface area contributed by atoms with Gasteiger partial charge in [-0.25, -0.2) is 0 Å². The van der Waals surface area contributed by atoms with Crippen LogP contribution in [0.3, 0.4) is 0 Å². The Bertz CT molecular complexity index is 1140. The number of nitrogens with zero attached hydrogens (tertiary/aromatic N) is 5. The third-order valence-corrected chi connectivity index (χ3v) is 5.14. The van der Waals surface area contributed by atoms with E-state index in [0.717, 1.165) is 22.4 Å². The number of pyridine rings is 1. The summed E-state index contributed by atoms with van der Waals surface area (Å²) in [5, 5.41) is 29.7. The van der Waals surface area contributed by atoms with E-state index in [9.17, 15) is 10.2 Å². The molecule has 0 aliphatic heterocycles. The third kappa shape index (κ3) is 4.71. The van der Waals surface area contributed by atoms with Gasteiger partial charge in [-0.15, -0.1) is 0 Å². The molecule has 10 heteroatoms. The van der Waals surface area contributed by atoms with E-state index in [1.807, 2.05) is 18.2 Å². The van der Waals surface area contributed by atoms with Gasteiger partial charge >= 0.3 is 0 Å². The van der Waals surface area contributed by atoms with Gasteiger partial charge in [-0.3, -0.25) is 4.98 Å². The lowest BCUT2D eigenvalue weighted by molar-refractivity contribution is 0.228. The number of hydrogen-bond donors (Lipinski definition) is 4. The van der Waals surface area contributed by atoms with Gasteiger partial charge < -0.3 is 25.3 Å². The molecule has 0 aliphatic carbocycles. The minimum absolute atomic E-state index is 0.0443. The van der Waals surface area contributed by atoms with Crippen molar-refractivity contribution in [2.45, 2.75) is 38.8 Å². The number of furan rings is 1. The van der Waals surface area contributed by atoms with E-state index in [2.05, 4.69) is 44.5 Å². The Morgan fingerprint density at radius 1 is 1.12 bits per heavy atom. The highest BCUT2D eigenvalue weighted by atomic mass is 16.3. The Morgan fingerprint density at radius 3 is 2.66 bits per heavy atom. The predicted molar refractivity (Wildman–Crippen MR) is 120 cm³/mol. The van der Waals surface area contributed by atoms with Gasteiger partial charge in [-0.1, -0.05) is 19.9 Å². The lowest BCUT2D eigenvalue weighted by Crippen LogP contribution is -2.26. The minimum Gasteiger partial charge on any atom is -0.472 e. The second-order valence-corrected chi connectivity index (χ2v) is 7.81. The van der Waals surface area contributed by atoms with Gasteiger partial charge in [0.05, 0.1) is 37.1 Å². The molecule has 0 amide bonds. The van der Waals surface area contributed by atoms with Crippen molar-refractivity contribution < 1.29 is 14.6 Å². The van der Waals surface area contributed by atoms with Crippen molar-refractivity contribution in [2.24, 2.45) is 0 Å². The summed E-state index contributed by atoms with van der Waals surface area (Å²) in [5.41, 5.74) is 4.42. The molecule has 0 bridgehead atoms. The molecule has 4 N–H and O–H groups in total. The molecule has 0 saturated heterocycles. The first kappa shape index (κ1) is 21.7. The number of anilines is 2. The molecule has 4 rings (SSSR count). The second-order valence-electron chi connectivity index (χ2n) is 7.81. The van der Waals surface area contributed by atoms with Crippen molar-refractivity contribution >= 4 is 17.5 Å². The van der Waals surface area contributed by atoms with E-state index in [-0.39, 0.29) is 25.2 Å². The number of hydrogen-bond acceptors (Lipinski definition) is 9. The van der Waals surface area contributed by atoms with Crippen molar-refractivity contribution in [3.8, 4) is 11.3 Å². The molecule has 0 aliphatic rings. The van der Waals surface area contributed by atoms with E-state index in [0.29, 0.717) is 30.5 Å². The molecular weight excluding hydrogens is 410 g/mol. The lowest BCUT2D eigenvalue weighted by atomic mass is 10.1. The Hall–Kier alpha value is -3.50. The summed E-state index contributed by atoms with van der Waals surface area (Å²) in [6.45, 7) is 4.46. The molecule has 4 aromatic rings. The van der Waals surface area contributed by atoms with Gasteiger partial charge in [0.15, 0.2) is 5.65 Å². The third-order valence-electron chi connectivity index (χ3n) is 5.14. The smallest absolute Gasteiger partial charge is 0.229 e. The zero-order valence-electron chi connectivity index (χ0n) is 18.1. The molecule has 1 unspecified atom stereocenters. The Balaban J connectivity index is 1.59. The molecule has 10 nitrogen and oxygen atoms in total. The van der Waals surface area contributed by atoms with Crippen LogP contribution in [0.25, 0.3) is 16.9 Å². The molecule has 4 heterocycles. The van der Waals surface area contributed by atoms with E-state index in [1.54, 1.807) is 29.4 Å². The number of rotatable bonds is 10. The Labute approximate surface area is 185 Å². The number of nitrogens with one attached hydrogen (secondary N) is 2. The SMILES string of the molecule is CC(C)c1cnn2c(NCc3ccc(-c4ccoc4)nc3)nc(NC(CO)CCO)nc12. The van der Waals surface area contributed by atoms with Crippen LogP contribution in [0, 0.1) is 0 Å². The van der Waals surface area contributed by atoms with Crippen LogP contribution in [0.5, 0.6) is 0 Å². The van der Waals surface area contributed by atoms with Crippen LogP contribution in [-0.2, 0) is 6.54 Å². The van der Waals surface area contributed by atoms with Crippen molar-refractivity contribution in [3.05, 3.63) is 54.2 Å². The van der Waals surface area contributed by atoms with Gasteiger partial charge in [0.1, 0.15) is 0 Å². The van der Waals surface area contributed by atoms with E-state index >= 15 is 0 Å². The first-order valence-corrected chi connectivity index (χ1v) is 10.5. The molecule has 0 fully saturated rings. The molecule has 168 valence electrons. The molecule has 0 spiro atoms. The van der Waals surface area contributed by atoms with Gasteiger partial charge in [0.25, 0.3) is 0 Å². The molecule has 4 aromatic heterocycles. The van der Waals surface area contributed by atoms with Crippen molar-refractivity contribution in [1.82, 2.24) is 24.6 Å². The standard InChI is InChI=1S/C22H27N7O3/c1-14(2)18-11-25-29-20(18)27-21(26-17(12-31)5-7-30)28-22(29)24-10-15-3-4-19(23-9-15)16-6-8-32-13-16/h3-4,6,8-9,11,13-14,17,30-31H,5,7,10,12H2,1-2H3,(H2,24,26,27,28). The van der Waals surface area contributed by atoms with E-state index < -0.39 is 0 Å². The summed E-state index contributed by atoms with van der Waals surface area (Å²) in [6.07, 6.45) is 7.27.